The number of nitrogens with zero attached hydrogens (tertiary/aromatic N) is 1. The van der Waals surface area contributed by atoms with E-state index in [0.29, 0.717) is 18.5 Å². The van der Waals surface area contributed by atoms with E-state index < -0.39 is 10.1 Å². The zero-order valence-corrected chi connectivity index (χ0v) is 17.1. The normalized spacial score (nSPS) is 19.9. The Kier molecular flexibility index (Phi) is 5.00. The molecule has 0 amide bonds. The fraction of sp³-hybridized carbons (Fsp3) is 0.316. The molecule has 2 aromatic carbocycles. The summed E-state index contributed by atoms with van der Waals surface area (Å²) in [6, 6.07) is 11.0. The van der Waals surface area contributed by atoms with Gasteiger partial charge in [0.1, 0.15) is 16.5 Å². The third-order valence-corrected chi connectivity index (χ3v) is 6.43. The first-order valence-electron chi connectivity index (χ1n) is 8.95. The molecule has 0 spiro atoms. The number of hydrazine groups is 1. The largest absolute Gasteiger partial charge is 0.507 e. The lowest BCUT2D eigenvalue weighted by Crippen LogP contribution is -2.25. The quantitative estimate of drug-likeness (QED) is 0.547. The average Bonchev–Trinajstić information content (AvgIpc) is 3.27. The van der Waals surface area contributed by atoms with Crippen LogP contribution in [0.15, 0.2) is 36.4 Å². The van der Waals surface area contributed by atoms with E-state index in [2.05, 4.69) is 10.9 Å². The molecule has 1 aliphatic heterocycles. The molecule has 148 valence electrons. The molecule has 3 N–H and O–H groups in total. The number of benzene rings is 2. The second kappa shape index (κ2) is 7.32. The molecule has 1 fully saturated rings. The minimum atomic E-state index is -3.67. The van der Waals surface area contributed by atoms with Gasteiger partial charge in [-0.25, -0.2) is 10.4 Å². The van der Waals surface area contributed by atoms with Crippen molar-refractivity contribution in [3.05, 3.63) is 52.5 Å². The molecule has 0 saturated carbocycles. The SMILES string of the molecule is CCc1cc(C2NNCC2c2nc3ccccc3s2)c(O)cc1OS(C)(=O)=O. The Labute approximate surface area is 167 Å². The minimum absolute atomic E-state index is 0.0110. The maximum absolute atomic E-state index is 11.5. The predicted octanol–water partition coefficient (Wildman–Crippen LogP) is 2.84. The van der Waals surface area contributed by atoms with Gasteiger partial charge in [-0.3, -0.25) is 5.43 Å². The molecule has 0 aliphatic carbocycles. The fourth-order valence-corrected chi connectivity index (χ4v) is 5.06. The van der Waals surface area contributed by atoms with Crippen LogP contribution in [0.5, 0.6) is 11.5 Å². The number of fused-ring (bicyclic) bond motifs is 1. The molecule has 2 unspecified atom stereocenters. The number of rotatable bonds is 5. The lowest BCUT2D eigenvalue weighted by molar-refractivity contribution is 0.440. The zero-order chi connectivity index (χ0) is 19.9. The predicted molar refractivity (Wildman–Crippen MR) is 109 cm³/mol. The Balaban J connectivity index is 1.72. The number of aromatic nitrogens is 1. The van der Waals surface area contributed by atoms with E-state index in [1.807, 2.05) is 31.2 Å². The summed E-state index contributed by atoms with van der Waals surface area (Å²) in [5.74, 6) is 0.187. The van der Waals surface area contributed by atoms with Crippen LogP contribution in [-0.4, -0.2) is 31.3 Å². The van der Waals surface area contributed by atoms with Crippen LogP contribution in [0.1, 0.15) is 35.0 Å². The summed E-state index contributed by atoms with van der Waals surface area (Å²) in [5.41, 5.74) is 8.75. The Morgan fingerprint density at radius 1 is 1.32 bits per heavy atom. The highest BCUT2D eigenvalue weighted by molar-refractivity contribution is 7.86. The summed E-state index contributed by atoms with van der Waals surface area (Å²) in [6.45, 7) is 2.59. The lowest BCUT2D eigenvalue weighted by Gasteiger charge is -2.20. The third kappa shape index (κ3) is 3.70. The highest BCUT2D eigenvalue weighted by atomic mass is 32.2. The highest BCUT2D eigenvalue weighted by Crippen LogP contribution is 2.42. The number of phenolic OH excluding ortho intramolecular Hbond substituents is 1. The van der Waals surface area contributed by atoms with E-state index in [9.17, 15) is 13.5 Å². The van der Waals surface area contributed by atoms with Crippen molar-refractivity contribution >= 4 is 31.7 Å². The van der Waals surface area contributed by atoms with Gasteiger partial charge in [-0.2, -0.15) is 8.42 Å². The van der Waals surface area contributed by atoms with Gasteiger partial charge in [0, 0.05) is 24.1 Å². The van der Waals surface area contributed by atoms with Crippen LogP contribution in [0.4, 0.5) is 0 Å². The van der Waals surface area contributed by atoms with Crippen LogP contribution in [0.3, 0.4) is 0 Å². The van der Waals surface area contributed by atoms with Crippen molar-refractivity contribution in [1.29, 1.82) is 0 Å². The second-order valence-electron chi connectivity index (χ2n) is 6.79. The summed E-state index contributed by atoms with van der Waals surface area (Å²) >= 11 is 1.64. The Hall–Kier alpha value is -2.20. The van der Waals surface area contributed by atoms with Gasteiger partial charge in [0.05, 0.1) is 22.5 Å². The van der Waals surface area contributed by atoms with Crippen molar-refractivity contribution in [2.24, 2.45) is 0 Å². The molecule has 9 heteroatoms. The molecule has 3 aromatic rings. The van der Waals surface area contributed by atoms with Gasteiger partial charge in [0.15, 0.2) is 0 Å². The van der Waals surface area contributed by atoms with E-state index in [0.717, 1.165) is 27.0 Å². The maximum Gasteiger partial charge on any atom is 0.306 e. The van der Waals surface area contributed by atoms with Crippen molar-refractivity contribution in [2.45, 2.75) is 25.3 Å². The van der Waals surface area contributed by atoms with E-state index >= 15 is 0 Å². The summed E-state index contributed by atoms with van der Waals surface area (Å²) in [7, 11) is -3.67. The standard InChI is InChI=1S/C19H21N3O4S2/c1-3-11-8-12(15(23)9-16(11)26-28(2,24)25)18-13(10-20-22-18)19-21-14-6-4-5-7-17(14)27-19/h4-9,13,18,20,22-23H,3,10H2,1-2H3. The van der Waals surface area contributed by atoms with Crippen LogP contribution in [0, 0.1) is 0 Å². The molecule has 2 atom stereocenters. The number of para-hydroxylation sites is 1. The number of nitrogens with one attached hydrogen (secondary N) is 2. The van der Waals surface area contributed by atoms with Crippen LogP contribution < -0.4 is 15.0 Å². The Bertz CT molecular complexity index is 1090. The van der Waals surface area contributed by atoms with Crippen molar-refractivity contribution in [3.63, 3.8) is 0 Å². The molecule has 0 bridgehead atoms. The first-order valence-corrected chi connectivity index (χ1v) is 11.6. The lowest BCUT2D eigenvalue weighted by atomic mass is 9.92. The zero-order valence-electron chi connectivity index (χ0n) is 15.5. The molecular weight excluding hydrogens is 398 g/mol. The van der Waals surface area contributed by atoms with Gasteiger partial charge in [-0.1, -0.05) is 19.1 Å². The monoisotopic (exact) mass is 419 g/mol. The first-order chi connectivity index (χ1) is 13.4. The number of aryl methyl sites for hydroxylation is 1. The number of phenols is 1. The molecule has 28 heavy (non-hydrogen) atoms. The van der Waals surface area contributed by atoms with Gasteiger partial charge in [0.2, 0.25) is 0 Å². The van der Waals surface area contributed by atoms with Crippen molar-refractivity contribution < 1.29 is 17.7 Å². The van der Waals surface area contributed by atoms with Gasteiger partial charge >= 0.3 is 10.1 Å². The molecule has 4 rings (SSSR count). The van der Waals surface area contributed by atoms with Gasteiger partial charge in [0.25, 0.3) is 0 Å². The average molecular weight is 420 g/mol. The van der Waals surface area contributed by atoms with Gasteiger partial charge in [-0.05, 0) is 30.2 Å². The number of hydrogen-bond acceptors (Lipinski definition) is 8. The molecule has 0 radical (unpaired) electrons. The van der Waals surface area contributed by atoms with Crippen molar-refractivity contribution in [3.8, 4) is 11.5 Å². The molecular formula is C19H21N3O4S2. The van der Waals surface area contributed by atoms with E-state index in [1.54, 1.807) is 17.4 Å². The summed E-state index contributed by atoms with van der Waals surface area (Å²) in [5, 5.41) is 11.6. The number of aromatic hydroxyl groups is 1. The van der Waals surface area contributed by atoms with E-state index in [-0.39, 0.29) is 23.5 Å². The number of thiazole rings is 1. The summed E-state index contributed by atoms with van der Waals surface area (Å²) in [6.07, 6.45) is 1.56. The number of hydrogen-bond donors (Lipinski definition) is 3. The highest BCUT2D eigenvalue weighted by Gasteiger charge is 2.34. The topological polar surface area (TPSA) is 101 Å². The van der Waals surface area contributed by atoms with Crippen LogP contribution >= 0.6 is 11.3 Å². The first kappa shape index (κ1) is 19.1. The van der Waals surface area contributed by atoms with Gasteiger partial charge < -0.3 is 9.29 Å². The summed E-state index contributed by atoms with van der Waals surface area (Å²) in [4.78, 5) is 4.76. The van der Waals surface area contributed by atoms with Crippen LogP contribution in [-0.2, 0) is 16.5 Å². The molecule has 1 saturated heterocycles. The van der Waals surface area contributed by atoms with Crippen LogP contribution in [0.2, 0.25) is 0 Å². The van der Waals surface area contributed by atoms with Gasteiger partial charge in [-0.15, -0.1) is 11.3 Å². The van der Waals surface area contributed by atoms with E-state index in [1.165, 1.54) is 6.07 Å². The second-order valence-corrected chi connectivity index (χ2v) is 9.43. The minimum Gasteiger partial charge on any atom is -0.507 e. The Morgan fingerprint density at radius 3 is 2.82 bits per heavy atom. The van der Waals surface area contributed by atoms with Crippen molar-refractivity contribution in [2.75, 3.05) is 12.8 Å². The molecule has 1 aromatic heterocycles. The van der Waals surface area contributed by atoms with Crippen molar-refractivity contribution in [1.82, 2.24) is 15.8 Å². The maximum atomic E-state index is 11.5. The fourth-order valence-electron chi connectivity index (χ4n) is 3.47. The smallest absolute Gasteiger partial charge is 0.306 e. The Morgan fingerprint density at radius 2 is 2.11 bits per heavy atom. The summed E-state index contributed by atoms with van der Waals surface area (Å²) < 4.78 is 29.2. The van der Waals surface area contributed by atoms with Crippen LogP contribution in [0.25, 0.3) is 10.2 Å². The van der Waals surface area contributed by atoms with E-state index in [4.69, 9.17) is 9.17 Å². The molecule has 7 nitrogen and oxygen atoms in total. The molecule has 1 aliphatic rings. The molecule has 2 heterocycles. The third-order valence-electron chi connectivity index (χ3n) is 4.78.